The standard InChI is InChI=1S/C14H19N3OS/c18-14(17-7-5-15-6-8-17)12-11(9-1-2-9)16-13(19-12)10-3-4-10/h9-10,15H,1-8H2. The van der Waals surface area contributed by atoms with Crippen LogP contribution in [0.15, 0.2) is 0 Å². The lowest BCUT2D eigenvalue weighted by Crippen LogP contribution is -2.46. The summed E-state index contributed by atoms with van der Waals surface area (Å²) in [6, 6.07) is 0. The minimum absolute atomic E-state index is 0.229. The maximum Gasteiger partial charge on any atom is 0.265 e. The van der Waals surface area contributed by atoms with Crippen LogP contribution in [0.3, 0.4) is 0 Å². The van der Waals surface area contributed by atoms with Gasteiger partial charge in [0, 0.05) is 38.0 Å². The van der Waals surface area contributed by atoms with E-state index in [1.807, 2.05) is 4.90 Å². The van der Waals surface area contributed by atoms with Crippen molar-refractivity contribution in [2.75, 3.05) is 26.2 Å². The van der Waals surface area contributed by atoms with Gasteiger partial charge in [0.2, 0.25) is 0 Å². The van der Waals surface area contributed by atoms with Gasteiger partial charge in [-0.3, -0.25) is 4.79 Å². The number of nitrogens with one attached hydrogen (secondary N) is 1. The predicted octanol–water partition coefficient (Wildman–Crippen LogP) is 1.94. The first-order valence-electron chi connectivity index (χ1n) is 7.33. The molecule has 0 aromatic carbocycles. The Hall–Kier alpha value is -0.940. The van der Waals surface area contributed by atoms with Crippen LogP contribution in [0.4, 0.5) is 0 Å². The number of carbonyl (C=O) groups is 1. The van der Waals surface area contributed by atoms with E-state index in [4.69, 9.17) is 4.98 Å². The molecule has 1 aromatic rings. The van der Waals surface area contributed by atoms with Gasteiger partial charge in [0.15, 0.2) is 0 Å². The molecule has 1 N–H and O–H groups in total. The molecule has 3 aliphatic rings. The highest BCUT2D eigenvalue weighted by Gasteiger charge is 2.36. The lowest BCUT2D eigenvalue weighted by Gasteiger charge is -2.27. The Labute approximate surface area is 117 Å². The quantitative estimate of drug-likeness (QED) is 0.918. The number of hydrogen-bond donors (Lipinski definition) is 1. The van der Waals surface area contributed by atoms with E-state index in [-0.39, 0.29) is 5.91 Å². The van der Waals surface area contributed by atoms with Crippen LogP contribution in [0.1, 0.15) is 57.9 Å². The number of carbonyl (C=O) groups excluding carboxylic acids is 1. The zero-order chi connectivity index (χ0) is 12.8. The zero-order valence-electron chi connectivity index (χ0n) is 11.0. The SMILES string of the molecule is O=C(c1sc(C2CC2)nc1C1CC1)N1CCNCC1. The number of piperazine rings is 1. The molecule has 0 unspecified atom stereocenters. The second kappa shape index (κ2) is 4.56. The molecule has 3 fully saturated rings. The molecule has 102 valence electrons. The summed E-state index contributed by atoms with van der Waals surface area (Å²) in [5.41, 5.74) is 1.12. The maximum atomic E-state index is 12.7. The van der Waals surface area contributed by atoms with Crippen molar-refractivity contribution < 1.29 is 4.79 Å². The molecule has 2 saturated carbocycles. The molecule has 1 aliphatic heterocycles. The van der Waals surface area contributed by atoms with E-state index in [9.17, 15) is 4.79 Å². The van der Waals surface area contributed by atoms with Crippen LogP contribution < -0.4 is 5.32 Å². The van der Waals surface area contributed by atoms with Crippen molar-refractivity contribution in [3.63, 3.8) is 0 Å². The van der Waals surface area contributed by atoms with Gasteiger partial charge in [0.1, 0.15) is 4.88 Å². The van der Waals surface area contributed by atoms with Gasteiger partial charge in [0.25, 0.3) is 5.91 Å². The van der Waals surface area contributed by atoms with E-state index in [1.165, 1.54) is 30.7 Å². The van der Waals surface area contributed by atoms with E-state index >= 15 is 0 Å². The molecule has 2 heterocycles. The van der Waals surface area contributed by atoms with Crippen molar-refractivity contribution in [2.45, 2.75) is 37.5 Å². The molecule has 4 rings (SSSR count). The van der Waals surface area contributed by atoms with Crippen LogP contribution in [0.25, 0.3) is 0 Å². The first-order valence-corrected chi connectivity index (χ1v) is 8.15. The fourth-order valence-corrected chi connectivity index (χ4v) is 3.94. The van der Waals surface area contributed by atoms with E-state index in [2.05, 4.69) is 5.32 Å². The van der Waals surface area contributed by atoms with Gasteiger partial charge in [-0.25, -0.2) is 4.98 Å². The van der Waals surface area contributed by atoms with Gasteiger partial charge in [-0.2, -0.15) is 0 Å². The summed E-state index contributed by atoms with van der Waals surface area (Å²) >= 11 is 1.68. The first kappa shape index (κ1) is 11.9. The largest absolute Gasteiger partial charge is 0.335 e. The maximum absolute atomic E-state index is 12.7. The molecule has 19 heavy (non-hydrogen) atoms. The number of rotatable bonds is 3. The van der Waals surface area contributed by atoms with E-state index in [1.54, 1.807) is 11.3 Å². The predicted molar refractivity (Wildman–Crippen MR) is 74.8 cm³/mol. The summed E-state index contributed by atoms with van der Waals surface area (Å²) < 4.78 is 0. The summed E-state index contributed by atoms with van der Waals surface area (Å²) in [7, 11) is 0. The Kier molecular flexibility index (Phi) is 2.84. The second-order valence-electron chi connectivity index (χ2n) is 5.86. The van der Waals surface area contributed by atoms with Crippen LogP contribution in [-0.2, 0) is 0 Å². The van der Waals surface area contributed by atoms with Crippen LogP contribution in [0.5, 0.6) is 0 Å². The number of thiazole rings is 1. The summed E-state index contributed by atoms with van der Waals surface area (Å²) in [6.07, 6.45) is 4.96. The smallest absolute Gasteiger partial charge is 0.265 e. The second-order valence-corrected chi connectivity index (χ2v) is 6.89. The summed E-state index contributed by atoms with van der Waals surface area (Å²) in [4.78, 5) is 20.4. The van der Waals surface area contributed by atoms with Crippen molar-refractivity contribution in [2.24, 2.45) is 0 Å². The molecule has 1 saturated heterocycles. The summed E-state index contributed by atoms with van der Waals surface area (Å²) in [6.45, 7) is 3.50. The molecule has 4 nitrogen and oxygen atoms in total. The van der Waals surface area contributed by atoms with Crippen LogP contribution >= 0.6 is 11.3 Å². The Morgan fingerprint density at radius 2 is 1.84 bits per heavy atom. The molecule has 0 atom stereocenters. The van der Waals surface area contributed by atoms with Crippen molar-refractivity contribution >= 4 is 17.2 Å². The number of amides is 1. The third kappa shape index (κ3) is 2.30. The third-order valence-electron chi connectivity index (χ3n) is 4.16. The normalized spacial score (nSPS) is 23.7. The highest BCUT2D eigenvalue weighted by atomic mass is 32.1. The molecule has 2 aliphatic carbocycles. The van der Waals surface area contributed by atoms with Gasteiger partial charge >= 0.3 is 0 Å². The van der Waals surface area contributed by atoms with Gasteiger partial charge in [-0.15, -0.1) is 11.3 Å². The van der Waals surface area contributed by atoms with E-state index in [0.29, 0.717) is 11.8 Å². The fraction of sp³-hybridized carbons (Fsp3) is 0.714. The Balaban J connectivity index is 1.62. The van der Waals surface area contributed by atoms with Gasteiger partial charge in [-0.05, 0) is 25.7 Å². The van der Waals surface area contributed by atoms with Crippen LogP contribution in [-0.4, -0.2) is 42.0 Å². The first-order chi connectivity index (χ1) is 9.33. The average Bonchev–Trinajstić information content (AvgIpc) is 3.37. The topological polar surface area (TPSA) is 45.2 Å². The lowest BCUT2D eigenvalue weighted by atomic mass is 10.2. The molecule has 5 heteroatoms. The molecular weight excluding hydrogens is 258 g/mol. The van der Waals surface area contributed by atoms with Crippen molar-refractivity contribution in [3.8, 4) is 0 Å². The zero-order valence-corrected chi connectivity index (χ0v) is 11.8. The minimum atomic E-state index is 0.229. The summed E-state index contributed by atoms with van der Waals surface area (Å²) in [5, 5.41) is 4.52. The van der Waals surface area contributed by atoms with Crippen molar-refractivity contribution in [1.29, 1.82) is 0 Å². The number of hydrogen-bond acceptors (Lipinski definition) is 4. The monoisotopic (exact) mass is 277 g/mol. The molecule has 0 bridgehead atoms. The number of nitrogens with zero attached hydrogens (tertiary/aromatic N) is 2. The molecule has 0 radical (unpaired) electrons. The van der Waals surface area contributed by atoms with Gasteiger partial charge < -0.3 is 10.2 Å². The summed E-state index contributed by atoms with van der Waals surface area (Å²) in [5.74, 6) is 1.46. The van der Waals surface area contributed by atoms with Crippen molar-refractivity contribution in [3.05, 3.63) is 15.6 Å². The fourth-order valence-electron chi connectivity index (χ4n) is 2.65. The molecule has 0 spiro atoms. The Bertz CT molecular complexity index is 499. The third-order valence-corrected chi connectivity index (χ3v) is 5.38. The highest BCUT2D eigenvalue weighted by molar-refractivity contribution is 7.14. The lowest BCUT2D eigenvalue weighted by molar-refractivity contribution is 0.0739. The average molecular weight is 277 g/mol. The van der Waals surface area contributed by atoms with E-state index in [0.717, 1.165) is 36.8 Å². The van der Waals surface area contributed by atoms with E-state index < -0.39 is 0 Å². The highest BCUT2D eigenvalue weighted by Crippen LogP contribution is 2.48. The minimum Gasteiger partial charge on any atom is -0.335 e. The Morgan fingerprint density at radius 3 is 2.47 bits per heavy atom. The molecule has 1 aromatic heterocycles. The van der Waals surface area contributed by atoms with Crippen LogP contribution in [0.2, 0.25) is 0 Å². The molecule has 1 amide bonds. The van der Waals surface area contributed by atoms with Gasteiger partial charge in [-0.1, -0.05) is 0 Å². The van der Waals surface area contributed by atoms with Gasteiger partial charge in [0.05, 0.1) is 10.7 Å². The van der Waals surface area contributed by atoms with Crippen molar-refractivity contribution in [1.82, 2.24) is 15.2 Å². The van der Waals surface area contributed by atoms with Crippen LogP contribution in [0, 0.1) is 0 Å². The molecular formula is C14H19N3OS. The number of aromatic nitrogens is 1. The Morgan fingerprint density at radius 1 is 1.16 bits per heavy atom.